The molecule has 1 aliphatic carbocycles. The minimum atomic E-state index is 0.396. The van der Waals surface area contributed by atoms with E-state index >= 15 is 0 Å². The standard InChI is InChI=1S/C17H22N2/c18-15-7-3-1-5-13(11-15)12-16-10-9-14-6-2-4-8-17(14)19-16/h2,4,6,8-10,13,15H,1,3,5,7,11-12,18H2. The van der Waals surface area contributed by atoms with Crippen LogP contribution in [0.15, 0.2) is 36.4 Å². The van der Waals surface area contributed by atoms with E-state index in [9.17, 15) is 0 Å². The van der Waals surface area contributed by atoms with Gasteiger partial charge in [0, 0.05) is 17.1 Å². The topological polar surface area (TPSA) is 38.9 Å². The molecule has 0 bridgehead atoms. The lowest BCUT2D eigenvalue weighted by molar-refractivity contribution is 0.427. The predicted molar refractivity (Wildman–Crippen MR) is 80.0 cm³/mol. The molecule has 1 heterocycles. The van der Waals surface area contributed by atoms with Crippen molar-refractivity contribution in [2.75, 3.05) is 0 Å². The number of aromatic nitrogens is 1. The Bertz CT molecular complexity index is 550. The van der Waals surface area contributed by atoms with Gasteiger partial charge in [-0.2, -0.15) is 0 Å². The zero-order chi connectivity index (χ0) is 13.1. The van der Waals surface area contributed by atoms with E-state index in [-0.39, 0.29) is 0 Å². The van der Waals surface area contributed by atoms with E-state index in [4.69, 9.17) is 10.7 Å². The number of fused-ring (bicyclic) bond motifs is 1. The third-order valence-electron chi connectivity index (χ3n) is 4.23. The molecule has 1 aromatic carbocycles. The number of para-hydroxylation sites is 1. The highest BCUT2D eigenvalue weighted by Crippen LogP contribution is 2.25. The third kappa shape index (κ3) is 3.13. The molecule has 2 aromatic rings. The first-order chi connectivity index (χ1) is 9.31. The van der Waals surface area contributed by atoms with E-state index in [1.807, 2.05) is 0 Å². The lowest BCUT2D eigenvalue weighted by Gasteiger charge is -2.16. The Balaban J connectivity index is 1.76. The first kappa shape index (κ1) is 12.6. The molecule has 2 atom stereocenters. The van der Waals surface area contributed by atoms with Crippen LogP contribution in [0.5, 0.6) is 0 Å². The molecule has 2 heteroatoms. The molecule has 0 radical (unpaired) electrons. The highest BCUT2D eigenvalue weighted by molar-refractivity contribution is 5.78. The summed E-state index contributed by atoms with van der Waals surface area (Å²) in [5.41, 5.74) is 8.48. The molecule has 3 rings (SSSR count). The van der Waals surface area contributed by atoms with Gasteiger partial charge in [-0.1, -0.05) is 43.5 Å². The van der Waals surface area contributed by atoms with Gasteiger partial charge < -0.3 is 5.73 Å². The predicted octanol–water partition coefficient (Wildman–Crippen LogP) is 3.68. The average Bonchev–Trinajstić information content (AvgIpc) is 2.63. The lowest BCUT2D eigenvalue weighted by atomic mass is 9.93. The van der Waals surface area contributed by atoms with Crippen LogP contribution in [0, 0.1) is 5.92 Å². The minimum Gasteiger partial charge on any atom is -0.328 e. The number of hydrogen-bond donors (Lipinski definition) is 1. The van der Waals surface area contributed by atoms with Crippen LogP contribution in [0.4, 0.5) is 0 Å². The number of rotatable bonds is 2. The molecule has 0 saturated heterocycles. The van der Waals surface area contributed by atoms with Gasteiger partial charge >= 0.3 is 0 Å². The van der Waals surface area contributed by atoms with Crippen molar-refractivity contribution in [1.82, 2.24) is 4.98 Å². The number of nitrogens with zero attached hydrogens (tertiary/aromatic N) is 1. The molecule has 100 valence electrons. The zero-order valence-electron chi connectivity index (χ0n) is 11.4. The maximum Gasteiger partial charge on any atom is 0.0705 e. The van der Waals surface area contributed by atoms with Gasteiger partial charge in [0.15, 0.2) is 0 Å². The number of nitrogens with two attached hydrogens (primary N) is 1. The molecular formula is C17H22N2. The molecule has 1 saturated carbocycles. The first-order valence-corrected chi connectivity index (χ1v) is 7.41. The number of hydrogen-bond acceptors (Lipinski definition) is 2. The normalized spacial score (nSPS) is 24.3. The van der Waals surface area contributed by atoms with E-state index in [0.29, 0.717) is 12.0 Å². The molecule has 2 unspecified atom stereocenters. The fourth-order valence-corrected chi connectivity index (χ4v) is 3.21. The van der Waals surface area contributed by atoms with E-state index in [1.165, 1.54) is 36.8 Å². The molecule has 0 aliphatic heterocycles. The second kappa shape index (κ2) is 5.70. The third-order valence-corrected chi connectivity index (χ3v) is 4.23. The van der Waals surface area contributed by atoms with Gasteiger partial charge in [0.25, 0.3) is 0 Å². The van der Waals surface area contributed by atoms with Crippen LogP contribution in [-0.4, -0.2) is 11.0 Å². The summed E-state index contributed by atoms with van der Waals surface area (Å²) in [4.78, 5) is 4.78. The van der Waals surface area contributed by atoms with Crippen LogP contribution in [0.1, 0.15) is 37.8 Å². The maximum atomic E-state index is 6.15. The SMILES string of the molecule is NC1CCCCC(Cc2ccc3ccccc3n2)C1. The van der Waals surface area contributed by atoms with Gasteiger partial charge in [0.05, 0.1) is 5.52 Å². The van der Waals surface area contributed by atoms with Crippen LogP contribution in [-0.2, 0) is 6.42 Å². The highest BCUT2D eigenvalue weighted by atomic mass is 14.7. The summed E-state index contributed by atoms with van der Waals surface area (Å²) >= 11 is 0. The Hall–Kier alpha value is -1.41. The second-order valence-corrected chi connectivity index (χ2v) is 5.85. The summed E-state index contributed by atoms with van der Waals surface area (Å²) < 4.78 is 0. The molecular weight excluding hydrogens is 232 g/mol. The van der Waals surface area contributed by atoms with E-state index in [2.05, 4.69) is 36.4 Å². The monoisotopic (exact) mass is 254 g/mol. The molecule has 19 heavy (non-hydrogen) atoms. The lowest BCUT2D eigenvalue weighted by Crippen LogP contribution is -2.22. The first-order valence-electron chi connectivity index (χ1n) is 7.41. The Morgan fingerprint density at radius 2 is 1.89 bits per heavy atom. The second-order valence-electron chi connectivity index (χ2n) is 5.85. The number of benzene rings is 1. The Kier molecular flexibility index (Phi) is 3.79. The van der Waals surface area contributed by atoms with Crippen LogP contribution in [0.25, 0.3) is 10.9 Å². The Morgan fingerprint density at radius 1 is 1.05 bits per heavy atom. The molecule has 2 N–H and O–H groups in total. The van der Waals surface area contributed by atoms with E-state index < -0.39 is 0 Å². The van der Waals surface area contributed by atoms with Crippen LogP contribution in [0.3, 0.4) is 0 Å². The maximum absolute atomic E-state index is 6.15. The molecule has 2 nitrogen and oxygen atoms in total. The molecule has 1 aromatic heterocycles. The van der Waals surface area contributed by atoms with Crippen molar-refractivity contribution in [1.29, 1.82) is 0 Å². The quantitative estimate of drug-likeness (QED) is 0.830. The van der Waals surface area contributed by atoms with Crippen molar-refractivity contribution in [2.24, 2.45) is 11.7 Å². The average molecular weight is 254 g/mol. The van der Waals surface area contributed by atoms with Gasteiger partial charge in [-0.15, -0.1) is 0 Å². The molecule has 1 aliphatic rings. The van der Waals surface area contributed by atoms with E-state index in [0.717, 1.165) is 18.4 Å². The summed E-state index contributed by atoms with van der Waals surface area (Å²) in [7, 11) is 0. The van der Waals surface area contributed by atoms with Gasteiger partial charge in [-0.05, 0) is 37.3 Å². The molecule has 1 fully saturated rings. The highest BCUT2D eigenvalue weighted by Gasteiger charge is 2.18. The zero-order valence-corrected chi connectivity index (χ0v) is 11.4. The number of pyridine rings is 1. The Labute approximate surface area is 115 Å². The van der Waals surface area contributed by atoms with Crippen molar-refractivity contribution < 1.29 is 0 Å². The van der Waals surface area contributed by atoms with Crippen molar-refractivity contribution in [3.63, 3.8) is 0 Å². The molecule has 0 spiro atoms. The van der Waals surface area contributed by atoms with Gasteiger partial charge in [-0.25, -0.2) is 0 Å². The van der Waals surface area contributed by atoms with Gasteiger partial charge in [-0.3, -0.25) is 4.98 Å². The van der Waals surface area contributed by atoms with E-state index in [1.54, 1.807) is 0 Å². The van der Waals surface area contributed by atoms with Crippen molar-refractivity contribution in [3.05, 3.63) is 42.1 Å². The summed E-state index contributed by atoms with van der Waals surface area (Å²) in [6.07, 6.45) is 7.37. The van der Waals surface area contributed by atoms with Gasteiger partial charge in [0.1, 0.15) is 0 Å². The molecule has 0 amide bonds. The summed E-state index contributed by atoms with van der Waals surface area (Å²) in [6.45, 7) is 0. The fourth-order valence-electron chi connectivity index (χ4n) is 3.21. The Morgan fingerprint density at radius 3 is 2.84 bits per heavy atom. The smallest absolute Gasteiger partial charge is 0.0705 e. The van der Waals surface area contributed by atoms with Gasteiger partial charge in [0.2, 0.25) is 0 Å². The van der Waals surface area contributed by atoms with Crippen molar-refractivity contribution in [2.45, 2.75) is 44.6 Å². The summed E-state index contributed by atoms with van der Waals surface area (Å²) in [5.74, 6) is 0.714. The summed E-state index contributed by atoms with van der Waals surface area (Å²) in [6, 6.07) is 13.1. The summed E-state index contributed by atoms with van der Waals surface area (Å²) in [5, 5.41) is 1.23. The minimum absolute atomic E-state index is 0.396. The van der Waals surface area contributed by atoms with Crippen LogP contribution >= 0.6 is 0 Å². The fraction of sp³-hybridized carbons (Fsp3) is 0.471. The van der Waals surface area contributed by atoms with Crippen LogP contribution in [0.2, 0.25) is 0 Å². The van der Waals surface area contributed by atoms with Crippen molar-refractivity contribution in [3.8, 4) is 0 Å². The van der Waals surface area contributed by atoms with Crippen LogP contribution < -0.4 is 5.73 Å². The largest absolute Gasteiger partial charge is 0.328 e. The van der Waals surface area contributed by atoms with Crippen molar-refractivity contribution >= 4 is 10.9 Å².